The lowest BCUT2D eigenvalue weighted by atomic mass is 10.1. The Bertz CT molecular complexity index is 657. The van der Waals surface area contributed by atoms with Crippen LogP contribution >= 0.6 is 0 Å². The number of aromatic nitrogens is 3. The van der Waals surface area contributed by atoms with Gasteiger partial charge in [0.25, 0.3) is 0 Å². The number of anilines is 2. The van der Waals surface area contributed by atoms with Gasteiger partial charge in [-0.15, -0.1) is 0 Å². The number of nitrogens with one attached hydrogen (secondary N) is 1. The molecule has 0 spiro atoms. The molecule has 2 aromatic heterocycles. The van der Waals surface area contributed by atoms with E-state index in [2.05, 4.69) is 37.1 Å². The van der Waals surface area contributed by atoms with Gasteiger partial charge in [0.1, 0.15) is 5.82 Å². The standard InChI is InChI=1S/C17H22N6O/c1-18-22-15-13-16(23-10-5-2-6-11-23)21-17(20-15)24-12-8-14-7-3-4-9-19-14/h3-4,7,9,13H,1-2,5-6,8,10-12H2,(H,20,21,22). The zero-order valence-electron chi connectivity index (χ0n) is 13.7. The third kappa shape index (κ3) is 4.41. The Labute approximate surface area is 141 Å². The number of hydrogen-bond donors (Lipinski definition) is 1. The first-order valence-corrected chi connectivity index (χ1v) is 8.23. The minimum atomic E-state index is 0.347. The third-order valence-corrected chi connectivity index (χ3v) is 3.88. The van der Waals surface area contributed by atoms with Crippen LogP contribution in [0, 0.1) is 0 Å². The van der Waals surface area contributed by atoms with E-state index in [-0.39, 0.29) is 0 Å². The second-order valence-electron chi connectivity index (χ2n) is 5.63. The normalized spacial score (nSPS) is 14.2. The van der Waals surface area contributed by atoms with Crippen LogP contribution in [0.15, 0.2) is 35.6 Å². The van der Waals surface area contributed by atoms with Crippen LogP contribution in [-0.4, -0.2) is 41.4 Å². The van der Waals surface area contributed by atoms with Crippen molar-refractivity contribution in [2.24, 2.45) is 5.10 Å². The molecule has 7 heteroatoms. The predicted octanol–water partition coefficient (Wildman–Crippen LogP) is 2.51. The minimum Gasteiger partial charge on any atom is -0.463 e. The zero-order valence-corrected chi connectivity index (χ0v) is 13.7. The quantitative estimate of drug-likeness (QED) is 0.622. The molecule has 1 N–H and O–H groups in total. The van der Waals surface area contributed by atoms with Crippen molar-refractivity contribution in [2.75, 3.05) is 30.0 Å². The topological polar surface area (TPSA) is 75.5 Å². The summed E-state index contributed by atoms with van der Waals surface area (Å²) in [6.07, 6.45) is 6.13. The summed E-state index contributed by atoms with van der Waals surface area (Å²) >= 11 is 0. The lowest BCUT2D eigenvalue weighted by Crippen LogP contribution is -2.30. The van der Waals surface area contributed by atoms with E-state index in [9.17, 15) is 0 Å². The Balaban J connectivity index is 1.68. The fourth-order valence-electron chi connectivity index (χ4n) is 2.69. The van der Waals surface area contributed by atoms with Gasteiger partial charge in [-0.3, -0.25) is 10.4 Å². The molecule has 7 nitrogen and oxygen atoms in total. The Kier molecular flexibility index (Phi) is 5.55. The number of piperidine rings is 1. The van der Waals surface area contributed by atoms with Crippen LogP contribution in [0.1, 0.15) is 25.0 Å². The molecule has 0 atom stereocenters. The summed E-state index contributed by atoms with van der Waals surface area (Å²) in [5, 5.41) is 3.69. The Morgan fingerprint density at radius 3 is 2.83 bits per heavy atom. The summed E-state index contributed by atoms with van der Waals surface area (Å²) in [5.41, 5.74) is 3.76. The highest BCUT2D eigenvalue weighted by molar-refractivity contribution is 5.51. The third-order valence-electron chi connectivity index (χ3n) is 3.88. The highest BCUT2D eigenvalue weighted by atomic mass is 16.5. The molecule has 0 radical (unpaired) electrons. The van der Waals surface area contributed by atoms with Crippen LogP contribution in [0.3, 0.4) is 0 Å². The van der Waals surface area contributed by atoms with Gasteiger partial charge in [0.2, 0.25) is 0 Å². The van der Waals surface area contributed by atoms with Crippen molar-refractivity contribution in [3.05, 3.63) is 36.2 Å². The molecule has 0 saturated carbocycles. The van der Waals surface area contributed by atoms with Gasteiger partial charge in [0, 0.05) is 44.2 Å². The molecule has 1 aliphatic heterocycles. The number of hydrogen-bond acceptors (Lipinski definition) is 7. The zero-order chi connectivity index (χ0) is 16.6. The molecule has 2 aromatic rings. The molecule has 3 rings (SSSR count). The summed E-state index contributed by atoms with van der Waals surface area (Å²) in [6.45, 7) is 5.93. The van der Waals surface area contributed by atoms with E-state index in [1.54, 1.807) is 6.20 Å². The van der Waals surface area contributed by atoms with Crippen molar-refractivity contribution >= 4 is 18.4 Å². The molecule has 0 bridgehead atoms. The summed E-state index contributed by atoms with van der Waals surface area (Å²) in [7, 11) is 0. The summed E-state index contributed by atoms with van der Waals surface area (Å²) in [5.74, 6) is 1.46. The Morgan fingerprint density at radius 1 is 1.21 bits per heavy atom. The summed E-state index contributed by atoms with van der Waals surface area (Å²) in [4.78, 5) is 15.4. The van der Waals surface area contributed by atoms with Crippen molar-refractivity contribution < 1.29 is 4.74 Å². The predicted molar refractivity (Wildman–Crippen MR) is 94.7 cm³/mol. The lowest BCUT2D eigenvalue weighted by Gasteiger charge is -2.28. The van der Waals surface area contributed by atoms with Gasteiger partial charge in [-0.2, -0.15) is 15.1 Å². The minimum absolute atomic E-state index is 0.347. The van der Waals surface area contributed by atoms with Crippen molar-refractivity contribution in [2.45, 2.75) is 25.7 Å². The molecule has 1 aliphatic rings. The smallest absolute Gasteiger partial charge is 0.320 e. The van der Waals surface area contributed by atoms with E-state index in [0.717, 1.165) is 24.6 Å². The fraction of sp³-hybridized carbons (Fsp3) is 0.412. The molecule has 0 unspecified atom stereocenters. The molecule has 0 amide bonds. The Hall–Kier alpha value is -2.70. The van der Waals surface area contributed by atoms with Crippen LogP contribution in [0.2, 0.25) is 0 Å². The van der Waals surface area contributed by atoms with Crippen molar-refractivity contribution in [3.8, 4) is 6.01 Å². The molecule has 1 saturated heterocycles. The highest BCUT2D eigenvalue weighted by Crippen LogP contribution is 2.22. The fourth-order valence-corrected chi connectivity index (χ4v) is 2.69. The van der Waals surface area contributed by atoms with Crippen LogP contribution in [0.4, 0.5) is 11.6 Å². The molecule has 3 heterocycles. The second-order valence-corrected chi connectivity index (χ2v) is 5.63. The van der Waals surface area contributed by atoms with Gasteiger partial charge in [0.05, 0.1) is 6.61 Å². The summed E-state index contributed by atoms with van der Waals surface area (Å²) in [6, 6.07) is 8.07. The monoisotopic (exact) mass is 326 g/mol. The van der Waals surface area contributed by atoms with E-state index in [1.165, 1.54) is 19.3 Å². The largest absolute Gasteiger partial charge is 0.463 e. The molecule has 0 aromatic carbocycles. The van der Waals surface area contributed by atoms with Gasteiger partial charge in [-0.05, 0) is 31.4 Å². The van der Waals surface area contributed by atoms with E-state index in [0.29, 0.717) is 24.9 Å². The van der Waals surface area contributed by atoms with Crippen LogP contribution in [-0.2, 0) is 6.42 Å². The number of ether oxygens (including phenoxy) is 1. The van der Waals surface area contributed by atoms with Crippen LogP contribution < -0.4 is 15.1 Å². The lowest BCUT2D eigenvalue weighted by molar-refractivity contribution is 0.295. The highest BCUT2D eigenvalue weighted by Gasteiger charge is 2.15. The number of pyridine rings is 1. The first-order chi connectivity index (χ1) is 11.8. The van der Waals surface area contributed by atoms with Gasteiger partial charge in [-0.1, -0.05) is 6.07 Å². The molecule has 126 valence electrons. The number of rotatable bonds is 7. The van der Waals surface area contributed by atoms with Crippen LogP contribution in [0.25, 0.3) is 0 Å². The van der Waals surface area contributed by atoms with E-state index in [4.69, 9.17) is 4.74 Å². The first kappa shape index (κ1) is 16.2. The van der Waals surface area contributed by atoms with E-state index < -0.39 is 0 Å². The maximum Gasteiger partial charge on any atom is 0.320 e. The maximum atomic E-state index is 5.74. The number of hydrazone groups is 1. The number of nitrogens with zero attached hydrogens (tertiary/aromatic N) is 5. The second kappa shape index (κ2) is 8.24. The van der Waals surface area contributed by atoms with Gasteiger partial charge < -0.3 is 9.64 Å². The molecule has 0 aliphatic carbocycles. The van der Waals surface area contributed by atoms with Gasteiger partial charge in [-0.25, -0.2) is 0 Å². The maximum absolute atomic E-state index is 5.74. The van der Waals surface area contributed by atoms with Crippen molar-refractivity contribution in [3.63, 3.8) is 0 Å². The molecule has 24 heavy (non-hydrogen) atoms. The van der Waals surface area contributed by atoms with Crippen molar-refractivity contribution in [1.82, 2.24) is 15.0 Å². The van der Waals surface area contributed by atoms with Crippen LogP contribution in [0.5, 0.6) is 6.01 Å². The van der Waals surface area contributed by atoms with E-state index in [1.807, 2.05) is 24.3 Å². The van der Waals surface area contributed by atoms with Crippen molar-refractivity contribution in [1.29, 1.82) is 0 Å². The van der Waals surface area contributed by atoms with E-state index >= 15 is 0 Å². The molecular weight excluding hydrogens is 304 g/mol. The average molecular weight is 326 g/mol. The molecule has 1 fully saturated rings. The van der Waals surface area contributed by atoms with Gasteiger partial charge in [0.15, 0.2) is 5.82 Å². The SMILES string of the molecule is C=NNc1cc(N2CCCCC2)nc(OCCc2ccccn2)n1. The average Bonchev–Trinajstić information content (AvgIpc) is 2.63. The Morgan fingerprint density at radius 2 is 2.08 bits per heavy atom. The summed E-state index contributed by atoms with van der Waals surface area (Å²) < 4.78 is 5.74. The van der Waals surface area contributed by atoms with Gasteiger partial charge >= 0.3 is 6.01 Å². The molecular formula is C17H22N6O. The first-order valence-electron chi connectivity index (χ1n) is 8.23.